The van der Waals surface area contributed by atoms with Crippen LogP contribution in [0.5, 0.6) is 0 Å². The summed E-state index contributed by atoms with van der Waals surface area (Å²) in [5.41, 5.74) is 30.4. The molecule has 0 amide bonds. The Balaban J connectivity index is 0.000000109. The lowest BCUT2D eigenvalue weighted by atomic mass is 9.72. The lowest BCUT2D eigenvalue weighted by Crippen LogP contribution is -2.31. The topological polar surface area (TPSA) is 120 Å². The molecule has 144 heavy (non-hydrogen) atoms. The van der Waals surface area contributed by atoms with Crippen molar-refractivity contribution in [3.8, 4) is 111 Å². The second-order valence-corrected chi connectivity index (χ2v) is 39.0. The molecule has 27 aromatic rings. The maximum Gasteiger partial charge on any atom is 0.489 e. The predicted molar refractivity (Wildman–Crippen MR) is 621 cm³/mol. The third kappa shape index (κ3) is 18.5. The van der Waals surface area contributed by atoms with Gasteiger partial charge in [-0.15, -0.1) is 0 Å². The highest BCUT2D eigenvalue weighted by molar-refractivity contribution is 14.1. The van der Waals surface area contributed by atoms with Crippen molar-refractivity contribution in [2.24, 2.45) is 0 Å². The molecule has 12 heteroatoms. The fourth-order valence-corrected chi connectivity index (χ4v) is 21.2. The van der Waals surface area contributed by atoms with Crippen LogP contribution in [0, 0.1) is 3.57 Å². The molecule has 0 aliphatic rings. The zero-order valence-corrected chi connectivity index (χ0v) is 83.1. The van der Waals surface area contributed by atoms with E-state index in [-0.39, 0.29) is 0 Å². The fourth-order valence-electron chi connectivity index (χ4n) is 20.3. The van der Waals surface area contributed by atoms with Crippen molar-refractivity contribution < 1.29 is 33.3 Å². The van der Waals surface area contributed by atoms with Crippen LogP contribution in [-0.2, 0) is 0 Å². The van der Waals surface area contributed by atoms with Crippen LogP contribution in [0.4, 0.5) is 0 Å². The van der Waals surface area contributed by atoms with Crippen molar-refractivity contribution >= 4 is 210 Å². The number of halogens is 3. The number of hydrogen-bond donors (Lipinski definition) is 4. The van der Waals surface area contributed by atoms with E-state index in [0.29, 0.717) is 10.9 Å². The molecule has 0 fully saturated rings. The van der Waals surface area contributed by atoms with Crippen LogP contribution in [0.2, 0.25) is 0 Å². The van der Waals surface area contributed by atoms with Gasteiger partial charge in [-0.05, 0) is 306 Å². The Morgan fingerprint density at radius 3 is 0.785 bits per heavy atom. The Morgan fingerprint density at radius 2 is 0.424 bits per heavy atom. The van der Waals surface area contributed by atoms with E-state index >= 15 is 0 Å². The number of para-hydroxylation sites is 3. The Morgan fingerprint density at radius 1 is 0.174 bits per heavy atom. The van der Waals surface area contributed by atoms with Gasteiger partial charge in [0.2, 0.25) is 0 Å². The summed E-state index contributed by atoms with van der Waals surface area (Å²) in [5.74, 6) is 0. The summed E-state index contributed by atoms with van der Waals surface area (Å²) in [6.07, 6.45) is 0. The molecular weight excluding hydrogens is 2010 g/mol. The van der Waals surface area contributed by atoms with Gasteiger partial charge in [-0.25, -0.2) is 0 Å². The van der Waals surface area contributed by atoms with E-state index in [2.05, 4.69) is 455 Å². The highest BCUT2D eigenvalue weighted by atomic mass is 127. The molecule has 684 valence electrons. The minimum Gasteiger partial charge on any atom is -0.456 e. The summed E-state index contributed by atoms with van der Waals surface area (Å²) < 4.78 is 21.1. The summed E-state index contributed by atoms with van der Waals surface area (Å²) in [5, 5.41) is 58.9. The number of hydrogen-bond acceptors (Lipinski definition) is 7. The molecule has 0 aliphatic heterocycles. The number of benzene rings is 24. The van der Waals surface area contributed by atoms with Crippen molar-refractivity contribution in [3.05, 3.63) is 516 Å². The van der Waals surface area contributed by atoms with Crippen molar-refractivity contribution in [1.82, 2.24) is 0 Å². The first kappa shape index (κ1) is 91.7. The highest BCUT2D eigenvalue weighted by Gasteiger charge is 2.25. The lowest BCUT2D eigenvalue weighted by Gasteiger charge is -2.18. The van der Waals surface area contributed by atoms with Crippen LogP contribution in [0.1, 0.15) is 0 Å². The van der Waals surface area contributed by atoms with Crippen LogP contribution in [0.25, 0.3) is 242 Å². The van der Waals surface area contributed by atoms with Gasteiger partial charge in [-0.3, -0.25) is 0 Å². The lowest BCUT2D eigenvalue weighted by molar-refractivity contribution is 0.425. The van der Waals surface area contributed by atoms with Gasteiger partial charge in [0.1, 0.15) is 33.5 Å². The molecule has 0 saturated carbocycles. The molecule has 0 saturated heterocycles. The first-order chi connectivity index (χ1) is 70.8. The minimum absolute atomic E-state index is 0.471. The molecule has 3 aromatic heterocycles. The Kier molecular flexibility index (Phi) is 25.8. The van der Waals surface area contributed by atoms with Gasteiger partial charge in [-0.2, -0.15) is 0 Å². The summed E-state index contributed by atoms with van der Waals surface area (Å²) in [7, 11) is -2.99. The Hall–Kier alpha value is -16.1. The molecule has 0 unspecified atom stereocenters. The molecule has 0 bridgehead atoms. The van der Waals surface area contributed by atoms with Crippen LogP contribution < -0.4 is 10.9 Å². The first-order valence-electron chi connectivity index (χ1n) is 47.9. The molecule has 0 atom stereocenters. The molecule has 3 heterocycles. The number of furan rings is 3. The normalized spacial score (nSPS) is 11.3. The number of fused-ring (bicyclic) bond motifs is 15. The smallest absolute Gasteiger partial charge is 0.456 e. The zero-order chi connectivity index (χ0) is 97.3. The second kappa shape index (κ2) is 40.5. The molecule has 24 aromatic carbocycles. The predicted octanol–water partition coefficient (Wildman–Crippen LogP) is 35.2. The summed E-state index contributed by atoms with van der Waals surface area (Å²) >= 11 is 9.23. The van der Waals surface area contributed by atoms with Crippen molar-refractivity contribution in [1.29, 1.82) is 0 Å². The molecule has 27 rings (SSSR count). The SMILES string of the molecule is Brc1ccc(-c2ccc(-c3ccc4oc5ccccc5c4c3)cc2)cc1.Brc1ccc(-c2ccc(I)cc2)cc1.OB(O)c1c2ccccc2c(-c2cccc(-c3cccc4ccccc34)c2)c2ccccc12.OB(O)c1ccc2oc3ccccc3c2c1.c1cc(-c2cccc3ccccc23)cc(-c2c3ccccc3c(-c3ccc(-c4ccc(-c5ccc6oc7ccccc7c6c5)cc4)cc3)c3ccccc23)c1. The van der Waals surface area contributed by atoms with E-state index in [9.17, 15) is 10.0 Å². The summed E-state index contributed by atoms with van der Waals surface area (Å²) in [6, 6.07) is 176. The second-order valence-electron chi connectivity index (χ2n) is 35.9. The van der Waals surface area contributed by atoms with Gasteiger partial charge >= 0.3 is 14.2 Å². The summed E-state index contributed by atoms with van der Waals surface area (Å²) in [6.45, 7) is 0. The van der Waals surface area contributed by atoms with Gasteiger partial charge in [-0.1, -0.05) is 438 Å². The summed E-state index contributed by atoms with van der Waals surface area (Å²) in [4.78, 5) is 0. The molecular formula is C132H87B2Br2IO7. The van der Waals surface area contributed by atoms with Crippen LogP contribution >= 0.6 is 54.5 Å². The van der Waals surface area contributed by atoms with E-state index in [1.165, 1.54) is 141 Å². The van der Waals surface area contributed by atoms with Gasteiger partial charge in [0.25, 0.3) is 0 Å². The van der Waals surface area contributed by atoms with Gasteiger partial charge < -0.3 is 33.3 Å². The molecule has 0 spiro atoms. The minimum atomic E-state index is -1.55. The third-order valence-corrected chi connectivity index (χ3v) is 29.0. The molecule has 7 nitrogen and oxygen atoms in total. The van der Waals surface area contributed by atoms with E-state index in [0.717, 1.165) is 113 Å². The van der Waals surface area contributed by atoms with Crippen LogP contribution in [0.15, 0.2) is 526 Å². The average Bonchev–Trinajstić information content (AvgIpc) is 1.42. The van der Waals surface area contributed by atoms with Crippen LogP contribution in [-0.4, -0.2) is 34.3 Å². The quantitative estimate of drug-likeness (QED) is 0.0546. The third-order valence-electron chi connectivity index (χ3n) is 27.3. The highest BCUT2D eigenvalue weighted by Crippen LogP contribution is 2.47. The van der Waals surface area contributed by atoms with Gasteiger partial charge in [0, 0.05) is 44.8 Å². The first-order valence-corrected chi connectivity index (χ1v) is 50.5. The van der Waals surface area contributed by atoms with Crippen molar-refractivity contribution in [2.45, 2.75) is 0 Å². The van der Waals surface area contributed by atoms with Gasteiger partial charge in [0.15, 0.2) is 0 Å². The monoisotopic (exact) mass is 2090 g/mol. The molecule has 0 aliphatic carbocycles. The van der Waals surface area contributed by atoms with Crippen LogP contribution in [0.3, 0.4) is 0 Å². The number of rotatable bonds is 12. The van der Waals surface area contributed by atoms with E-state index in [4.69, 9.17) is 23.3 Å². The maximum atomic E-state index is 10.2. The molecule has 4 N–H and O–H groups in total. The molecule has 0 radical (unpaired) electrons. The standard InChI is InChI=1S/C54H34O.C30H21BO2.C24H15BrO.C12H9BO3.C12H8BrI/c1-2-15-43-38(11-1)12-10-21-44(43)41-13-9-14-42(33-41)54-48-19-5-3-17-46(48)53(47-18-4-6-20-49(47)54)39-29-27-36(28-30-39)35-23-25-37(26-24-35)40-31-32-52-50(34-40)45-16-7-8-22-51(45)55-52;32-31(33)30-27-16-5-3-14-25(27)29(26-15-4-6-17-28(26)30)22-12-7-11-21(19-22)24-18-8-10-20-9-1-2-13-23(20)24;25-20-12-9-17(10-13-20)16-5-7-18(8-6-16)19-11-14-24-22(15-19)21-3-1-2-4-23(21)26-24;14-13(15)8-5-6-12-10(7-8)9-3-1-2-4-11(9)16-12;13-11-5-1-9(2-6-11)10-3-7-12(14)8-4-10/h1-34H;1-19,32-33H;1-15H;1-7,14-15H;1-8H. The Bertz CT molecular complexity index is 9320. The Labute approximate surface area is 863 Å². The average molecular weight is 2090 g/mol. The van der Waals surface area contributed by atoms with Crippen molar-refractivity contribution in [3.63, 3.8) is 0 Å². The van der Waals surface area contributed by atoms with E-state index < -0.39 is 14.2 Å². The largest absolute Gasteiger partial charge is 0.489 e. The van der Waals surface area contributed by atoms with Gasteiger partial charge in [0.05, 0.1) is 0 Å². The van der Waals surface area contributed by atoms with E-state index in [1.807, 2.05) is 84.9 Å². The maximum absolute atomic E-state index is 10.2. The van der Waals surface area contributed by atoms with E-state index in [1.54, 1.807) is 18.2 Å². The fraction of sp³-hybridized carbons (Fsp3) is 0. The zero-order valence-electron chi connectivity index (χ0n) is 77.7. The van der Waals surface area contributed by atoms with Crippen molar-refractivity contribution in [2.75, 3.05) is 0 Å².